The second kappa shape index (κ2) is 7.45. The number of anilines is 1. The van der Waals surface area contributed by atoms with Crippen LogP contribution in [-0.2, 0) is 0 Å². The quantitative estimate of drug-likeness (QED) is 0.753. The number of aromatic carboxylic acids is 1. The van der Waals surface area contributed by atoms with Crippen LogP contribution < -0.4 is 5.32 Å². The number of benzene rings is 1. The Morgan fingerprint density at radius 3 is 2.68 bits per heavy atom. The van der Waals surface area contributed by atoms with E-state index in [0.29, 0.717) is 12.2 Å². The lowest BCUT2D eigenvalue weighted by Gasteiger charge is -2.11. The van der Waals surface area contributed by atoms with E-state index in [1.165, 1.54) is 12.1 Å². The number of unbranched alkanes of at least 4 members (excludes halogenated alkanes) is 1. The van der Waals surface area contributed by atoms with Gasteiger partial charge in [-0.2, -0.15) is 0 Å². The van der Waals surface area contributed by atoms with E-state index in [4.69, 9.17) is 5.11 Å². The zero-order valence-corrected chi connectivity index (χ0v) is 12.6. The maximum Gasteiger partial charge on any atom is 0.336 e. The van der Waals surface area contributed by atoms with Crippen LogP contribution in [0.15, 0.2) is 16.6 Å². The molecule has 0 saturated heterocycles. The number of nitrogens with zero attached hydrogens (tertiary/aromatic N) is 1. The maximum absolute atomic E-state index is 13.9. The fourth-order valence-corrected chi connectivity index (χ4v) is 2.14. The molecular weight excluding hydrogens is 315 g/mol. The van der Waals surface area contributed by atoms with Crippen molar-refractivity contribution in [3.8, 4) is 0 Å². The molecule has 0 aliphatic heterocycles. The van der Waals surface area contributed by atoms with E-state index < -0.39 is 11.8 Å². The molecule has 4 nitrogen and oxygen atoms in total. The summed E-state index contributed by atoms with van der Waals surface area (Å²) in [5.41, 5.74) is 0.248. The summed E-state index contributed by atoms with van der Waals surface area (Å²) in [4.78, 5) is 12.9. The number of carboxylic acids is 1. The molecule has 0 atom stereocenters. The van der Waals surface area contributed by atoms with Gasteiger partial charge in [0, 0.05) is 6.54 Å². The van der Waals surface area contributed by atoms with Crippen molar-refractivity contribution in [3.63, 3.8) is 0 Å². The van der Waals surface area contributed by atoms with E-state index >= 15 is 0 Å². The Morgan fingerprint density at radius 1 is 1.42 bits per heavy atom. The Kier molecular flexibility index (Phi) is 6.24. The van der Waals surface area contributed by atoms with Crippen LogP contribution in [0.3, 0.4) is 0 Å². The summed E-state index contributed by atoms with van der Waals surface area (Å²) in [6.07, 6.45) is 1.95. The number of hydrogen-bond acceptors (Lipinski definition) is 3. The van der Waals surface area contributed by atoms with Gasteiger partial charge in [0.05, 0.1) is 15.7 Å². The third-order valence-electron chi connectivity index (χ3n) is 2.66. The van der Waals surface area contributed by atoms with E-state index in [-0.39, 0.29) is 10.0 Å². The number of rotatable bonds is 7. The fourth-order valence-electron chi connectivity index (χ4n) is 1.63. The topological polar surface area (TPSA) is 52.6 Å². The van der Waals surface area contributed by atoms with Crippen LogP contribution in [0, 0.1) is 5.82 Å². The lowest BCUT2D eigenvalue weighted by molar-refractivity contribution is 0.0695. The molecule has 0 aliphatic carbocycles. The molecule has 0 aliphatic rings. The molecule has 1 rings (SSSR count). The Bertz CT molecular complexity index is 453. The first-order chi connectivity index (χ1) is 8.93. The van der Waals surface area contributed by atoms with E-state index in [2.05, 4.69) is 26.1 Å². The lowest BCUT2D eigenvalue weighted by atomic mass is 10.2. The fraction of sp³-hybridized carbons (Fsp3) is 0.462. The van der Waals surface area contributed by atoms with Crippen LogP contribution in [-0.4, -0.2) is 43.2 Å². The van der Waals surface area contributed by atoms with Crippen molar-refractivity contribution in [1.82, 2.24) is 4.90 Å². The maximum atomic E-state index is 13.9. The predicted octanol–water partition coefficient (Wildman–Crippen LogP) is 3.04. The van der Waals surface area contributed by atoms with Gasteiger partial charge in [0.25, 0.3) is 0 Å². The molecule has 6 heteroatoms. The summed E-state index contributed by atoms with van der Waals surface area (Å²) in [7, 11) is 4.02. The normalized spacial score (nSPS) is 10.8. The van der Waals surface area contributed by atoms with Gasteiger partial charge in [0.15, 0.2) is 5.82 Å². The Balaban J connectivity index is 2.56. The largest absolute Gasteiger partial charge is 0.478 e. The van der Waals surface area contributed by atoms with Crippen LogP contribution in [0.5, 0.6) is 0 Å². The van der Waals surface area contributed by atoms with Crippen molar-refractivity contribution in [3.05, 3.63) is 28.0 Å². The van der Waals surface area contributed by atoms with Crippen molar-refractivity contribution in [2.75, 3.05) is 32.5 Å². The Labute approximate surface area is 120 Å². The first-order valence-electron chi connectivity index (χ1n) is 6.03. The summed E-state index contributed by atoms with van der Waals surface area (Å²) in [6, 6.07) is 2.84. The highest BCUT2D eigenvalue weighted by atomic mass is 79.9. The Morgan fingerprint density at radius 2 is 2.11 bits per heavy atom. The van der Waals surface area contributed by atoms with Crippen molar-refractivity contribution < 1.29 is 14.3 Å². The average Bonchev–Trinajstić information content (AvgIpc) is 2.33. The van der Waals surface area contributed by atoms with E-state index in [1.54, 1.807) is 0 Å². The van der Waals surface area contributed by atoms with Gasteiger partial charge in [-0.15, -0.1) is 0 Å². The molecular formula is C13H18BrFN2O2. The molecule has 0 unspecified atom stereocenters. The molecule has 0 heterocycles. The summed E-state index contributed by atoms with van der Waals surface area (Å²) in [5, 5.41) is 11.8. The molecule has 0 aromatic heterocycles. The molecule has 106 valence electrons. The van der Waals surface area contributed by atoms with Crippen LogP contribution >= 0.6 is 15.9 Å². The number of halogens is 2. The van der Waals surface area contributed by atoms with Crippen LogP contribution in [0.25, 0.3) is 0 Å². The van der Waals surface area contributed by atoms with Crippen molar-refractivity contribution in [1.29, 1.82) is 0 Å². The van der Waals surface area contributed by atoms with Crippen molar-refractivity contribution >= 4 is 27.6 Å². The second-order valence-corrected chi connectivity index (χ2v) is 5.32. The second-order valence-electron chi connectivity index (χ2n) is 4.53. The molecule has 19 heavy (non-hydrogen) atoms. The van der Waals surface area contributed by atoms with Gasteiger partial charge in [-0.1, -0.05) is 0 Å². The molecule has 0 amide bonds. The smallest absolute Gasteiger partial charge is 0.336 e. The first-order valence-corrected chi connectivity index (χ1v) is 6.82. The van der Waals surface area contributed by atoms with E-state index in [1.807, 2.05) is 14.1 Å². The number of hydrogen-bond donors (Lipinski definition) is 2. The highest BCUT2D eigenvalue weighted by Gasteiger charge is 2.15. The minimum absolute atomic E-state index is 0.0155. The van der Waals surface area contributed by atoms with E-state index in [0.717, 1.165) is 19.4 Å². The highest BCUT2D eigenvalue weighted by molar-refractivity contribution is 9.10. The van der Waals surface area contributed by atoms with Gasteiger partial charge in [0.1, 0.15) is 0 Å². The molecule has 0 bridgehead atoms. The van der Waals surface area contributed by atoms with Gasteiger partial charge in [-0.3, -0.25) is 0 Å². The van der Waals surface area contributed by atoms with Gasteiger partial charge in [0.2, 0.25) is 0 Å². The van der Waals surface area contributed by atoms with Gasteiger partial charge < -0.3 is 15.3 Å². The minimum atomic E-state index is -1.15. The summed E-state index contributed by atoms with van der Waals surface area (Å²) in [5.74, 6) is -1.71. The summed E-state index contributed by atoms with van der Waals surface area (Å²) >= 11 is 2.97. The minimum Gasteiger partial charge on any atom is -0.478 e. The van der Waals surface area contributed by atoms with Crippen LogP contribution in [0.1, 0.15) is 23.2 Å². The predicted molar refractivity (Wildman–Crippen MR) is 77.3 cm³/mol. The average molecular weight is 333 g/mol. The zero-order valence-electron chi connectivity index (χ0n) is 11.0. The molecule has 0 spiro atoms. The highest BCUT2D eigenvalue weighted by Crippen LogP contribution is 2.27. The molecule has 0 fully saturated rings. The number of nitrogens with one attached hydrogen (secondary N) is 1. The lowest BCUT2D eigenvalue weighted by Crippen LogP contribution is -2.14. The van der Waals surface area contributed by atoms with Crippen molar-refractivity contribution in [2.45, 2.75) is 12.8 Å². The molecule has 1 aromatic carbocycles. The standard InChI is InChI=1S/C13H18BrFN2O2/c1-17(2)8-4-3-7-16-10-6-5-9(13(18)19)11(14)12(10)15/h5-6,16H,3-4,7-8H2,1-2H3,(H,18,19). The molecule has 0 saturated carbocycles. The monoisotopic (exact) mass is 332 g/mol. The van der Waals surface area contributed by atoms with Gasteiger partial charge >= 0.3 is 5.97 Å². The molecule has 0 radical (unpaired) electrons. The van der Waals surface area contributed by atoms with Gasteiger partial charge in [-0.05, 0) is 61.5 Å². The third-order valence-corrected chi connectivity index (χ3v) is 3.44. The van der Waals surface area contributed by atoms with Crippen LogP contribution in [0.4, 0.5) is 10.1 Å². The van der Waals surface area contributed by atoms with Crippen LogP contribution in [0.2, 0.25) is 0 Å². The third kappa shape index (κ3) is 4.80. The number of carbonyl (C=O) groups is 1. The zero-order chi connectivity index (χ0) is 14.4. The molecule has 1 aromatic rings. The summed E-state index contributed by atoms with van der Waals surface area (Å²) < 4.78 is 13.9. The Hall–Kier alpha value is -1.14. The van der Waals surface area contributed by atoms with E-state index in [9.17, 15) is 9.18 Å². The summed E-state index contributed by atoms with van der Waals surface area (Å²) in [6.45, 7) is 1.65. The van der Waals surface area contributed by atoms with Crippen molar-refractivity contribution in [2.24, 2.45) is 0 Å². The molecule has 2 N–H and O–H groups in total. The van der Waals surface area contributed by atoms with Gasteiger partial charge in [-0.25, -0.2) is 9.18 Å². The SMILES string of the molecule is CN(C)CCCCNc1ccc(C(=O)O)c(Br)c1F. The number of carboxylic acid groups (broad SMARTS) is 1. The first kappa shape index (κ1) is 15.9.